The predicted octanol–water partition coefficient (Wildman–Crippen LogP) is 4.22. The van der Waals surface area contributed by atoms with Crippen molar-refractivity contribution in [3.05, 3.63) is 69.9 Å². The van der Waals surface area contributed by atoms with Crippen molar-refractivity contribution in [2.75, 3.05) is 0 Å². The summed E-state index contributed by atoms with van der Waals surface area (Å²) in [5.41, 5.74) is 8.20. The Morgan fingerprint density at radius 3 is 2.56 bits per heavy atom. The Balaban J connectivity index is 2.01. The molecular weight excluding hydrogens is 293 g/mol. The summed E-state index contributed by atoms with van der Waals surface area (Å²) in [5.74, 6) is -0.207. The van der Waals surface area contributed by atoms with Gasteiger partial charge in [-0.05, 0) is 42.2 Å². The summed E-state index contributed by atoms with van der Waals surface area (Å²) in [6.07, 6.45) is 1.56. The molecule has 2 aromatic carbocycles. The third-order valence-corrected chi connectivity index (χ3v) is 3.73. The molecule has 3 heteroatoms. The molecule has 0 aliphatic heterocycles. The van der Waals surface area contributed by atoms with Gasteiger partial charge in [-0.2, -0.15) is 0 Å². The summed E-state index contributed by atoms with van der Waals surface area (Å²) in [6.45, 7) is 0. The lowest BCUT2D eigenvalue weighted by Crippen LogP contribution is -2.11. The molecule has 0 aliphatic rings. The van der Waals surface area contributed by atoms with E-state index >= 15 is 0 Å². The number of hydrogen-bond donors (Lipinski definition) is 1. The van der Waals surface area contributed by atoms with Crippen molar-refractivity contribution in [3.63, 3.8) is 0 Å². The van der Waals surface area contributed by atoms with Crippen LogP contribution in [0.4, 0.5) is 4.39 Å². The first-order valence-electron chi connectivity index (χ1n) is 5.91. The smallest absolute Gasteiger partial charge is 0.123 e. The summed E-state index contributed by atoms with van der Waals surface area (Å²) in [5, 5.41) is 0. The highest BCUT2D eigenvalue weighted by atomic mass is 79.9. The van der Waals surface area contributed by atoms with Crippen LogP contribution < -0.4 is 5.73 Å². The predicted molar refractivity (Wildman–Crippen MR) is 75.8 cm³/mol. The molecule has 1 nitrogen and oxygen atoms in total. The normalized spacial score (nSPS) is 12.4. The molecule has 0 spiro atoms. The lowest BCUT2D eigenvalue weighted by molar-refractivity contribution is 0.616. The third-order valence-electron chi connectivity index (χ3n) is 2.96. The quantitative estimate of drug-likeness (QED) is 0.899. The average molecular weight is 308 g/mol. The first-order chi connectivity index (χ1) is 8.66. The van der Waals surface area contributed by atoms with Crippen molar-refractivity contribution in [2.24, 2.45) is 5.73 Å². The molecule has 1 unspecified atom stereocenters. The number of nitrogens with two attached hydrogens (primary N) is 1. The molecule has 2 N–H and O–H groups in total. The van der Waals surface area contributed by atoms with Gasteiger partial charge >= 0.3 is 0 Å². The molecule has 0 bridgehead atoms. The van der Waals surface area contributed by atoms with Crippen LogP contribution in [0.25, 0.3) is 0 Å². The fraction of sp³-hybridized carbons (Fsp3) is 0.200. The van der Waals surface area contributed by atoms with E-state index in [0.717, 1.165) is 28.4 Å². The second-order valence-electron chi connectivity index (χ2n) is 4.29. The summed E-state index contributed by atoms with van der Waals surface area (Å²) < 4.78 is 14.1. The zero-order chi connectivity index (χ0) is 13.0. The van der Waals surface area contributed by atoms with Crippen LogP contribution in [0.15, 0.2) is 53.0 Å². The third kappa shape index (κ3) is 3.40. The van der Waals surface area contributed by atoms with Crippen molar-refractivity contribution in [2.45, 2.75) is 18.9 Å². The van der Waals surface area contributed by atoms with Crippen LogP contribution in [0, 0.1) is 5.82 Å². The first kappa shape index (κ1) is 13.2. The minimum Gasteiger partial charge on any atom is -0.324 e. The number of rotatable bonds is 4. The molecule has 0 aromatic heterocycles. The van der Waals surface area contributed by atoms with Gasteiger partial charge in [0.2, 0.25) is 0 Å². The standard InChI is InChI=1S/C15H15BrFN/c16-14-8-7-13(17)10-12(14)6-9-15(18)11-4-2-1-3-5-11/h1-5,7-8,10,15H,6,9,18H2. The van der Waals surface area contributed by atoms with E-state index in [1.807, 2.05) is 30.3 Å². The van der Waals surface area contributed by atoms with Gasteiger partial charge in [0.05, 0.1) is 0 Å². The molecule has 94 valence electrons. The van der Waals surface area contributed by atoms with Crippen LogP contribution in [0.2, 0.25) is 0 Å². The van der Waals surface area contributed by atoms with E-state index in [0.29, 0.717) is 0 Å². The van der Waals surface area contributed by atoms with E-state index < -0.39 is 0 Å². The lowest BCUT2D eigenvalue weighted by Gasteiger charge is -2.12. The highest BCUT2D eigenvalue weighted by Crippen LogP contribution is 2.22. The first-order valence-corrected chi connectivity index (χ1v) is 6.70. The summed E-state index contributed by atoms with van der Waals surface area (Å²) in [7, 11) is 0. The van der Waals surface area contributed by atoms with E-state index in [4.69, 9.17) is 5.73 Å². The number of halogens is 2. The van der Waals surface area contributed by atoms with Gasteiger partial charge in [-0.25, -0.2) is 4.39 Å². The Hall–Kier alpha value is -1.19. The van der Waals surface area contributed by atoms with Crippen molar-refractivity contribution >= 4 is 15.9 Å². The Labute approximate surface area is 115 Å². The molecule has 0 heterocycles. The van der Waals surface area contributed by atoms with Crippen molar-refractivity contribution in [1.82, 2.24) is 0 Å². The van der Waals surface area contributed by atoms with Gasteiger partial charge in [-0.15, -0.1) is 0 Å². The van der Waals surface area contributed by atoms with Crippen LogP contribution in [-0.2, 0) is 6.42 Å². The molecule has 2 aromatic rings. The topological polar surface area (TPSA) is 26.0 Å². The molecular formula is C15H15BrFN. The number of benzene rings is 2. The Kier molecular flexibility index (Phi) is 4.50. The minimum absolute atomic E-state index is 0.0126. The van der Waals surface area contributed by atoms with Gasteiger partial charge in [-0.1, -0.05) is 46.3 Å². The largest absolute Gasteiger partial charge is 0.324 e. The van der Waals surface area contributed by atoms with Crippen LogP contribution in [0.1, 0.15) is 23.6 Å². The molecule has 0 saturated heterocycles. The number of hydrogen-bond acceptors (Lipinski definition) is 1. The summed E-state index contributed by atoms with van der Waals surface area (Å²) in [4.78, 5) is 0. The van der Waals surface area contributed by atoms with Crippen molar-refractivity contribution in [1.29, 1.82) is 0 Å². The second kappa shape index (κ2) is 6.12. The minimum atomic E-state index is -0.207. The Bertz CT molecular complexity index is 513. The molecule has 1 atom stereocenters. The van der Waals surface area contributed by atoms with Gasteiger partial charge < -0.3 is 5.73 Å². The monoisotopic (exact) mass is 307 g/mol. The molecule has 0 saturated carbocycles. The summed E-state index contributed by atoms with van der Waals surface area (Å²) >= 11 is 3.43. The van der Waals surface area contributed by atoms with Crippen molar-refractivity contribution < 1.29 is 4.39 Å². The molecule has 0 fully saturated rings. The van der Waals surface area contributed by atoms with Gasteiger partial charge in [0.25, 0.3) is 0 Å². The van der Waals surface area contributed by atoms with E-state index in [9.17, 15) is 4.39 Å². The van der Waals surface area contributed by atoms with Gasteiger partial charge in [-0.3, -0.25) is 0 Å². The fourth-order valence-electron chi connectivity index (χ4n) is 1.91. The fourth-order valence-corrected chi connectivity index (χ4v) is 2.36. The number of aryl methyl sites for hydroxylation is 1. The maximum atomic E-state index is 13.1. The van der Waals surface area contributed by atoms with Crippen molar-refractivity contribution in [3.8, 4) is 0 Å². The molecule has 2 rings (SSSR count). The molecule has 0 aliphatic carbocycles. The van der Waals surface area contributed by atoms with E-state index in [2.05, 4.69) is 15.9 Å². The van der Waals surface area contributed by atoms with Crippen LogP contribution in [0.3, 0.4) is 0 Å². The highest BCUT2D eigenvalue weighted by molar-refractivity contribution is 9.10. The zero-order valence-electron chi connectivity index (χ0n) is 9.94. The Morgan fingerprint density at radius 2 is 1.83 bits per heavy atom. The van der Waals surface area contributed by atoms with Crippen LogP contribution >= 0.6 is 15.9 Å². The maximum absolute atomic E-state index is 13.1. The zero-order valence-corrected chi connectivity index (χ0v) is 11.5. The van der Waals surface area contributed by atoms with E-state index in [1.54, 1.807) is 12.1 Å². The SMILES string of the molecule is NC(CCc1cc(F)ccc1Br)c1ccccc1. The highest BCUT2D eigenvalue weighted by Gasteiger charge is 2.08. The summed E-state index contributed by atoms with van der Waals surface area (Å²) in [6, 6.07) is 14.7. The van der Waals surface area contributed by atoms with E-state index in [1.165, 1.54) is 6.07 Å². The molecule has 0 amide bonds. The second-order valence-corrected chi connectivity index (χ2v) is 5.15. The van der Waals surface area contributed by atoms with Crippen LogP contribution in [0.5, 0.6) is 0 Å². The average Bonchev–Trinajstić information content (AvgIpc) is 2.40. The Morgan fingerprint density at radius 1 is 1.11 bits per heavy atom. The van der Waals surface area contributed by atoms with Gasteiger partial charge in [0.15, 0.2) is 0 Å². The van der Waals surface area contributed by atoms with Crippen LogP contribution in [-0.4, -0.2) is 0 Å². The van der Waals surface area contributed by atoms with Gasteiger partial charge in [0.1, 0.15) is 5.82 Å². The van der Waals surface area contributed by atoms with Gasteiger partial charge in [0, 0.05) is 10.5 Å². The maximum Gasteiger partial charge on any atom is 0.123 e. The lowest BCUT2D eigenvalue weighted by atomic mass is 10.00. The van der Waals surface area contributed by atoms with E-state index in [-0.39, 0.29) is 11.9 Å². The molecule has 0 radical (unpaired) electrons. The molecule has 18 heavy (non-hydrogen) atoms.